The van der Waals surface area contributed by atoms with E-state index in [9.17, 15) is 19.7 Å². The van der Waals surface area contributed by atoms with Gasteiger partial charge in [0.05, 0.1) is 39.7 Å². The Morgan fingerprint density at radius 2 is 1.74 bits per heavy atom. The molecule has 35 heavy (non-hydrogen) atoms. The number of non-ortho nitro benzene ring substituents is 1. The number of fused-ring (bicyclic) bond motifs is 1. The molecule has 11 heteroatoms. The summed E-state index contributed by atoms with van der Waals surface area (Å²) in [7, 11) is 0. The molecule has 0 aliphatic rings. The molecule has 0 saturated carbocycles. The van der Waals surface area contributed by atoms with Crippen molar-refractivity contribution in [2.24, 2.45) is 0 Å². The number of furan rings is 1. The lowest BCUT2D eigenvalue weighted by Crippen LogP contribution is -2.41. The van der Waals surface area contributed by atoms with Crippen LogP contribution in [0.5, 0.6) is 0 Å². The maximum Gasteiger partial charge on any atom is 0.272 e. The van der Waals surface area contributed by atoms with Crippen LogP contribution in [-0.2, 0) is 0 Å². The topological polar surface area (TPSA) is 145 Å². The average Bonchev–Trinajstić information content (AvgIpc) is 3.59. The van der Waals surface area contributed by atoms with E-state index in [0.29, 0.717) is 33.6 Å². The van der Waals surface area contributed by atoms with Gasteiger partial charge in [-0.1, -0.05) is 18.2 Å². The van der Waals surface area contributed by atoms with Gasteiger partial charge in [-0.15, -0.1) is 0 Å². The Hall–Kier alpha value is -5.32. The van der Waals surface area contributed by atoms with Gasteiger partial charge in [-0.2, -0.15) is 5.10 Å². The lowest BCUT2D eigenvalue weighted by Gasteiger charge is -2.10. The van der Waals surface area contributed by atoms with E-state index in [-0.39, 0.29) is 11.3 Å². The molecule has 0 bridgehead atoms. The SMILES string of the molecule is O=C(NNC(=O)c1cc(-c2ccco2)nc2ccccc12)c1cnn(-c2ccc([N+](=O)[O-])cc2)c1. The molecule has 0 spiro atoms. The summed E-state index contributed by atoms with van der Waals surface area (Å²) < 4.78 is 6.81. The largest absolute Gasteiger partial charge is 0.463 e. The van der Waals surface area contributed by atoms with Gasteiger partial charge in [-0.3, -0.25) is 30.6 Å². The normalized spacial score (nSPS) is 10.7. The number of nitrogens with zero attached hydrogens (tertiary/aromatic N) is 4. The van der Waals surface area contributed by atoms with Crippen molar-refractivity contribution in [3.63, 3.8) is 0 Å². The van der Waals surface area contributed by atoms with E-state index < -0.39 is 16.7 Å². The lowest BCUT2D eigenvalue weighted by atomic mass is 10.1. The molecule has 5 rings (SSSR count). The van der Waals surface area contributed by atoms with Crippen LogP contribution in [0.1, 0.15) is 20.7 Å². The molecule has 0 unspecified atom stereocenters. The van der Waals surface area contributed by atoms with Crippen LogP contribution in [0, 0.1) is 10.1 Å². The number of hydrogen-bond acceptors (Lipinski definition) is 7. The lowest BCUT2D eigenvalue weighted by molar-refractivity contribution is -0.384. The standard InChI is InChI=1S/C24H16N6O5/c31-23(15-13-25-29(14-15)16-7-9-17(10-8-16)30(33)34)27-28-24(32)19-12-21(22-6-3-11-35-22)26-20-5-2-1-4-18(19)20/h1-14H,(H,27,31)(H,28,32). The van der Waals surface area contributed by atoms with Gasteiger partial charge in [-0.05, 0) is 36.4 Å². The number of para-hydroxylation sites is 1. The van der Waals surface area contributed by atoms with E-state index in [2.05, 4.69) is 20.9 Å². The first-order chi connectivity index (χ1) is 17.0. The molecular weight excluding hydrogens is 452 g/mol. The van der Waals surface area contributed by atoms with Crippen LogP contribution in [0.15, 0.2) is 89.8 Å². The highest BCUT2D eigenvalue weighted by Crippen LogP contribution is 2.25. The number of amides is 2. The summed E-state index contributed by atoms with van der Waals surface area (Å²) in [6.45, 7) is 0. The second-order valence-corrected chi connectivity index (χ2v) is 7.40. The molecule has 2 N–H and O–H groups in total. The first-order valence-corrected chi connectivity index (χ1v) is 10.3. The van der Waals surface area contributed by atoms with Gasteiger partial charge in [0, 0.05) is 23.7 Å². The van der Waals surface area contributed by atoms with Gasteiger partial charge >= 0.3 is 0 Å². The van der Waals surface area contributed by atoms with Crippen molar-refractivity contribution in [3.05, 3.63) is 107 Å². The van der Waals surface area contributed by atoms with E-state index >= 15 is 0 Å². The van der Waals surface area contributed by atoms with Gasteiger partial charge in [0.25, 0.3) is 17.5 Å². The third-order valence-corrected chi connectivity index (χ3v) is 5.19. The molecule has 2 aromatic carbocycles. The van der Waals surface area contributed by atoms with Crippen LogP contribution < -0.4 is 10.9 Å². The van der Waals surface area contributed by atoms with E-state index in [1.54, 1.807) is 36.4 Å². The zero-order valence-corrected chi connectivity index (χ0v) is 17.9. The van der Waals surface area contributed by atoms with Gasteiger partial charge < -0.3 is 4.42 Å². The first-order valence-electron chi connectivity index (χ1n) is 10.3. The molecule has 172 valence electrons. The average molecular weight is 468 g/mol. The number of pyridine rings is 1. The maximum atomic E-state index is 13.0. The van der Waals surface area contributed by atoms with Gasteiger partial charge in [-0.25, -0.2) is 9.67 Å². The molecule has 0 aliphatic heterocycles. The van der Waals surface area contributed by atoms with E-state index in [0.717, 1.165) is 0 Å². The quantitative estimate of drug-likeness (QED) is 0.296. The van der Waals surface area contributed by atoms with Crippen molar-refractivity contribution in [2.75, 3.05) is 0 Å². The summed E-state index contributed by atoms with van der Waals surface area (Å²) in [6.07, 6.45) is 4.28. The summed E-state index contributed by atoms with van der Waals surface area (Å²) in [5, 5.41) is 15.5. The number of aromatic nitrogens is 3. The Morgan fingerprint density at radius 3 is 2.49 bits per heavy atom. The zero-order chi connectivity index (χ0) is 24.4. The highest BCUT2D eigenvalue weighted by Gasteiger charge is 2.17. The van der Waals surface area contributed by atoms with Crippen LogP contribution in [-0.4, -0.2) is 31.5 Å². The van der Waals surface area contributed by atoms with Crippen LogP contribution in [0.25, 0.3) is 28.0 Å². The van der Waals surface area contributed by atoms with Crippen LogP contribution in [0.2, 0.25) is 0 Å². The number of hydrazine groups is 1. The van der Waals surface area contributed by atoms with Gasteiger partial charge in [0.1, 0.15) is 5.69 Å². The smallest absolute Gasteiger partial charge is 0.272 e. The Kier molecular flexibility index (Phi) is 5.47. The predicted molar refractivity (Wildman–Crippen MR) is 125 cm³/mol. The number of nitro benzene ring substituents is 1. The van der Waals surface area contributed by atoms with Crippen molar-refractivity contribution in [1.82, 2.24) is 25.6 Å². The molecule has 0 fully saturated rings. The number of carbonyl (C=O) groups is 2. The summed E-state index contributed by atoms with van der Waals surface area (Å²) >= 11 is 0. The van der Waals surface area contributed by atoms with Crippen LogP contribution in [0.3, 0.4) is 0 Å². The molecule has 11 nitrogen and oxygen atoms in total. The van der Waals surface area contributed by atoms with Crippen molar-refractivity contribution in [3.8, 4) is 17.1 Å². The second-order valence-electron chi connectivity index (χ2n) is 7.40. The minimum Gasteiger partial charge on any atom is -0.463 e. The minimum absolute atomic E-state index is 0.0552. The fourth-order valence-corrected chi connectivity index (χ4v) is 3.48. The Morgan fingerprint density at radius 1 is 0.971 bits per heavy atom. The summed E-state index contributed by atoms with van der Waals surface area (Å²) in [5.74, 6) is -0.615. The highest BCUT2D eigenvalue weighted by molar-refractivity contribution is 6.08. The maximum absolute atomic E-state index is 13.0. The van der Waals surface area contributed by atoms with Crippen molar-refractivity contribution >= 4 is 28.4 Å². The third kappa shape index (κ3) is 4.33. The third-order valence-electron chi connectivity index (χ3n) is 5.19. The molecule has 3 heterocycles. The number of rotatable bonds is 5. The van der Waals surface area contributed by atoms with E-state index in [1.807, 2.05) is 6.07 Å². The van der Waals surface area contributed by atoms with E-state index in [1.165, 1.54) is 47.6 Å². The summed E-state index contributed by atoms with van der Waals surface area (Å²) in [5.41, 5.74) is 6.85. The fourth-order valence-electron chi connectivity index (χ4n) is 3.48. The monoisotopic (exact) mass is 468 g/mol. The molecule has 0 radical (unpaired) electrons. The van der Waals surface area contributed by atoms with Crippen molar-refractivity contribution in [1.29, 1.82) is 0 Å². The predicted octanol–water partition coefficient (Wildman–Crippen LogP) is 3.66. The first kappa shape index (κ1) is 21.5. The number of carbonyl (C=O) groups excluding carboxylic acids is 2. The molecule has 0 aliphatic carbocycles. The minimum atomic E-state index is -0.587. The zero-order valence-electron chi connectivity index (χ0n) is 17.9. The Labute approximate surface area is 197 Å². The van der Waals surface area contributed by atoms with Crippen LogP contribution >= 0.6 is 0 Å². The molecule has 0 saturated heterocycles. The molecule has 5 aromatic rings. The number of benzene rings is 2. The van der Waals surface area contributed by atoms with Crippen molar-refractivity contribution < 1.29 is 18.9 Å². The fraction of sp³-hybridized carbons (Fsp3) is 0. The van der Waals surface area contributed by atoms with Crippen molar-refractivity contribution in [2.45, 2.75) is 0 Å². The van der Waals surface area contributed by atoms with Crippen LogP contribution in [0.4, 0.5) is 5.69 Å². The Balaban J connectivity index is 1.33. The molecule has 2 amide bonds. The number of nitro groups is 1. The second kappa shape index (κ2) is 8.90. The highest BCUT2D eigenvalue weighted by atomic mass is 16.6. The number of nitrogens with one attached hydrogen (secondary N) is 2. The molecule has 3 aromatic heterocycles. The molecular formula is C24H16N6O5. The summed E-state index contributed by atoms with van der Waals surface area (Å²) in [6, 6.07) is 17.9. The van der Waals surface area contributed by atoms with Gasteiger partial charge in [0.2, 0.25) is 0 Å². The molecule has 0 atom stereocenters. The van der Waals surface area contributed by atoms with Gasteiger partial charge in [0.15, 0.2) is 5.76 Å². The number of hydrogen-bond donors (Lipinski definition) is 2. The Bertz CT molecular complexity index is 1560. The summed E-state index contributed by atoms with van der Waals surface area (Å²) in [4.78, 5) is 40.4. The van der Waals surface area contributed by atoms with E-state index in [4.69, 9.17) is 4.42 Å².